The Morgan fingerprint density at radius 2 is 1.87 bits per heavy atom. The Balaban J connectivity index is 1.62. The van der Waals surface area contributed by atoms with Crippen molar-refractivity contribution in [3.05, 3.63) is 70.8 Å². The lowest BCUT2D eigenvalue weighted by molar-refractivity contribution is -0.122. The lowest BCUT2D eigenvalue weighted by Gasteiger charge is -2.28. The SMILES string of the molecule is C=CCN(C)CCC1C(=O)c2cccc3c2C(C1=O)c1ccc2c(c1-3)CCCC2=O. The molecule has 2 aromatic rings. The Hall–Kier alpha value is -2.85. The van der Waals surface area contributed by atoms with Crippen molar-refractivity contribution in [3.63, 3.8) is 0 Å². The van der Waals surface area contributed by atoms with E-state index in [2.05, 4.69) is 11.5 Å². The predicted molar refractivity (Wildman–Crippen MR) is 116 cm³/mol. The highest BCUT2D eigenvalue weighted by atomic mass is 16.2. The summed E-state index contributed by atoms with van der Waals surface area (Å²) in [5.74, 6) is -0.874. The van der Waals surface area contributed by atoms with Gasteiger partial charge in [0, 0.05) is 24.1 Å². The molecule has 2 aromatic carbocycles. The molecule has 3 aliphatic rings. The number of fused-ring (bicyclic) bond motifs is 5. The maximum absolute atomic E-state index is 13.6. The summed E-state index contributed by atoms with van der Waals surface area (Å²) in [5, 5.41) is 0. The van der Waals surface area contributed by atoms with Gasteiger partial charge in [0.05, 0.1) is 11.8 Å². The summed E-state index contributed by atoms with van der Waals surface area (Å²) < 4.78 is 0. The van der Waals surface area contributed by atoms with E-state index in [4.69, 9.17) is 0 Å². The van der Waals surface area contributed by atoms with Gasteiger partial charge in [0.15, 0.2) is 17.3 Å². The second-order valence-electron chi connectivity index (χ2n) is 8.69. The molecule has 2 atom stereocenters. The summed E-state index contributed by atoms with van der Waals surface area (Å²) in [6.45, 7) is 5.15. The van der Waals surface area contributed by atoms with Crippen molar-refractivity contribution in [3.8, 4) is 11.1 Å². The highest BCUT2D eigenvalue weighted by Crippen LogP contribution is 2.53. The summed E-state index contributed by atoms with van der Waals surface area (Å²) >= 11 is 0. The van der Waals surface area contributed by atoms with Gasteiger partial charge in [0.2, 0.25) is 0 Å². The predicted octanol–water partition coefficient (Wildman–Crippen LogP) is 4.21. The number of carbonyl (C=O) groups is 3. The Morgan fingerprint density at radius 1 is 1.07 bits per heavy atom. The van der Waals surface area contributed by atoms with Gasteiger partial charge in [-0.2, -0.15) is 0 Å². The van der Waals surface area contributed by atoms with Gasteiger partial charge in [0.1, 0.15) is 0 Å². The molecule has 0 heterocycles. The van der Waals surface area contributed by atoms with Crippen LogP contribution < -0.4 is 0 Å². The van der Waals surface area contributed by atoms with Crippen LogP contribution in [0.25, 0.3) is 11.1 Å². The van der Waals surface area contributed by atoms with Crippen LogP contribution in [0.15, 0.2) is 43.0 Å². The number of rotatable bonds is 5. The quantitative estimate of drug-likeness (QED) is 0.558. The number of ketones is 3. The highest BCUT2D eigenvalue weighted by Gasteiger charge is 2.47. The standard InChI is InChI=1S/C26H25NO3/c1-3-13-27(2)14-12-20-25(29)19-8-4-7-17-22-16-6-5-9-21(28)15(16)10-11-18(22)24(23(17)19)26(20)30/h3-4,7-8,10-11,20,24H,1,5-6,9,12-14H2,2H3. The van der Waals surface area contributed by atoms with Crippen molar-refractivity contribution >= 4 is 17.3 Å². The van der Waals surface area contributed by atoms with Crippen molar-refractivity contribution < 1.29 is 14.4 Å². The molecular weight excluding hydrogens is 374 g/mol. The fraction of sp³-hybridized carbons (Fsp3) is 0.346. The molecule has 0 aliphatic heterocycles. The molecule has 0 spiro atoms. The lowest BCUT2D eigenvalue weighted by atomic mass is 9.73. The van der Waals surface area contributed by atoms with Crippen LogP contribution in [0.4, 0.5) is 0 Å². The second kappa shape index (κ2) is 7.13. The third-order valence-electron chi connectivity index (χ3n) is 6.90. The van der Waals surface area contributed by atoms with Crippen LogP contribution in [0.2, 0.25) is 0 Å². The fourth-order valence-corrected chi connectivity index (χ4v) is 5.52. The van der Waals surface area contributed by atoms with Crippen LogP contribution in [0.5, 0.6) is 0 Å². The van der Waals surface area contributed by atoms with Crippen LogP contribution in [-0.4, -0.2) is 42.4 Å². The number of benzene rings is 2. The number of hydrogen-bond donors (Lipinski definition) is 0. The van der Waals surface area contributed by atoms with Gasteiger partial charge < -0.3 is 4.90 Å². The van der Waals surface area contributed by atoms with E-state index >= 15 is 0 Å². The second-order valence-corrected chi connectivity index (χ2v) is 8.69. The first kappa shape index (κ1) is 19.1. The Bertz CT molecular complexity index is 1110. The summed E-state index contributed by atoms with van der Waals surface area (Å²) in [6.07, 6.45) is 4.61. The van der Waals surface area contributed by atoms with Gasteiger partial charge in [-0.05, 0) is 60.7 Å². The zero-order valence-electron chi connectivity index (χ0n) is 17.2. The lowest BCUT2D eigenvalue weighted by Crippen LogP contribution is -2.37. The van der Waals surface area contributed by atoms with Gasteiger partial charge in [0.25, 0.3) is 0 Å². The van der Waals surface area contributed by atoms with Crippen molar-refractivity contribution in [2.45, 2.75) is 31.6 Å². The minimum absolute atomic E-state index is 0.00721. The monoisotopic (exact) mass is 399 g/mol. The number of carbonyl (C=O) groups excluding carboxylic acids is 3. The van der Waals surface area contributed by atoms with Gasteiger partial charge >= 0.3 is 0 Å². The number of hydrogen-bond acceptors (Lipinski definition) is 4. The first-order chi connectivity index (χ1) is 14.5. The molecule has 152 valence electrons. The molecule has 5 rings (SSSR count). The molecule has 2 unspecified atom stereocenters. The molecule has 0 bridgehead atoms. The van der Waals surface area contributed by atoms with Crippen molar-refractivity contribution in [2.75, 3.05) is 20.1 Å². The van der Waals surface area contributed by atoms with Gasteiger partial charge in [-0.15, -0.1) is 6.58 Å². The maximum Gasteiger partial charge on any atom is 0.173 e. The average Bonchev–Trinajstić information content (AvgIpc) is 3.08. The van der Waals surface area contributed by atoms with Crippen LogP contribution in [0.1, 0.15) is 62.6 Å². The highest BCUT2D eigenvalue weighted by molar-refractivity contribution is 6.21. The minimum Gasteiger partial charge on any atom is -0.303 e. The molecule has 0 N–H and O–H groups in total. The van der Waals surface area contributed by atoms with E-state index in [0.29, 0.717) is 24.9 Å². The van der Waals surface area contributed by atoms with E-state index in [0.717, 1.165) is 52.8 Å². The van der Waals surface area contributed by atoms with Gasteiger partial charge in [-0.1, -0.05) is 36.4 Å². The summed E-state index contributed by atoms with van der Waals surface area (Å²) in [6, 6.07) is 9.65. The van der Waals surface area contributed by atoms with Crippen LogP contribution in [-0.2, 0) is 11.2 Å². The van der Waals surface area contributed by atoms with E-state index < -0.39 is 5.92 Å². The molecule has 0 saturated carbocycles. The first-order valence-corrected chi connectivity index (χ1v) is 10.7. The Morgan fingerprint density at radius 3 is 2.67 bits per heavy atom. The molecule has 4 heteroatoms. The smallest absolute Gasteiger partial charge is 0.173 e. The number of likely N-dealkylation sites (N-methyl/N-ethyl adjacent to an activating group) is 1. The van der Waals surface area contributed by atoms with E-state index in [-0.39, 0.29) is 23.3 Å². The number of Topliss-reactive ketones (excluding diaryl/α,β-unsaturated/α-hetero) is 3. The molecular formula is C26H25NO3. The molecule has 0 amide bonds. The van der Waals surface area contributed by atoms with Crippen LogP contribution >= 0.6 is 0 Å². The molecule has 0 radical (unpaired) electrons. The topological polar surface area (TPSA) is 54.5 Å². The van der Waals surface area contributed by atoms with Gasteiger partial charge in [-0.25, -0.2) is 0 Å². The zero-order chi connectivity index (χ0) is 21.0. The van der Waals surface area contributed by atoms with Gasteiger partial charge in [-0.3, -0.25) is 14.4 Å². The van der Waals surface area contributed by atoms with Crippen LogP contribution in [0, 0.1) is 5.92 Å². The summed E-state index contributed by atoms with van der Waals surface area (Å²) in [7, 11) is 1.97. The number of nitrogens with zero attached hydrogens (tertiary/aromatic N) is 1. The van der Waals surface area contributed by atoms with E-state index in [1.807, 2.05) is 43.5 Å². The summed E-state index contributed by atoms with van der Waals surface area (Å²) in [4.78, 5) is 41.4. The molecule has 30 heavy (non-hydrogen) atoms. The Labute approximate surface area is 176 Å². The molecule has 0 fully saturated rings. The van der Waals surface area contributed by atoms with E-state index in [1.54, 1.807) is 0 Å². The Kier molecular flexibility index (Phi) is 4.55. The third-order valence-corrected chi connectivity index (χ3v) is 6.90. The minimum atomic E-state index is -0.617. The molecule has 3 aliphatic carbocycles. The van der Waals surface area contributed by atoms with E-state index in [1.165, 1.54) is 0 Å². The van der Waals surface area contributed by atoms with Crippen molar-refractivity contribution in [2.24, 2.45) is 5.92 Å². The fourth-order valence-electron chi connectivity index (χ4n) is 5.52. The van der Waals surface area contributed by atoms with Crippen molar-refractivity contribution in [1.82, 2.24) is 4.90 Å². The molecule has 0 saturated heterocycles. The zero-order valence-corrected chi connectivity index (χ0v) is 17.2. The largest absolute Gasteiger partial charge is 0.303 e. The van der Waals surface area contributed by atoms with Crippen molar-refractivity contribution in [1.29, 1.82) is 0 Å². The first-order valence-electron chi connectivity index (χ1n) is 10.7. The molecule has 4 nitrogen and oxygen atoms in total. The van der Waals surface area contributed by atoms with Crippen LogP contribution in [0.3, 0.4) is 0 Å². The third kappa shape index (κ3) is 2.67. The normalized spacial score (nSPS) is 21.5. The summed E-state index contributed by atoms with van der Waals surface area (Å²) in [5.41, 5.74) is 6.39. The maximum atomic E-state index is 13.6. The molecule has 0 aromatic heterocycles. The van der Waals surface area contributed by atoms with E-state index in [9.17, 15) is 14.4 Å². The average molecular weight is 399 g/mol.